The fourth-order valence-electron chi connectivity index (χ4n) is 2.08. The van der Waals surface area contributed by atoms with Crippen molar-refractivity contribution in [2.45, 2.75) is 13.0 Å². The Hall–Kier alpha value is -2.29. The lowest BCUT2D eigenvalue weighted by Crippen LogP contribution is -2.16. The molecule has 0 spiro atoms. The summed E-state index contributed by atoms with van der Waals surface area (Å²) in [4.78, 5) is 5.45. The standard InChI is InChI=1S/C16H15NO2/c1-2-6-13(7-3-1)12-19-17-15-10-11-18-16-9-5-4-8-14(15)16/h1-9H,10-12H2/b17-15+. The van der Waals surface area contributed by atoms with Crippen LogP contribution in [-0.2, 0) is 11.4 Å². The minimum Gasteiger partial charge on any atom is -0.492 e. The molecule has 1 aliphatic rings. The Kier molecular flexibility index (Phi) is 3.45. The third-order valence-corrected chi connectivity index (χ3v) is 3.04. The van der Waals surface area contributed by atoms with Crippen LogP contribution in [0.15, 0.2) is 59.8 Å². The molecule has 2 aromatic rings. The van der Waals surface area contributed by atoms with Crippen molar-refractivity contribution in [3.8, 4) is 5.75 Å². The minimum atomic E-state index is 0.493. The van der Waals surface area contributed by atoms with E-state index in [9.17, 15) is 0 Å². The van der Waals surface area contributed by atoms with Crippen LogP contribution in [0.1, 0.15) is 17.5 Å². The lowest BCUT2D eigenvalue weighted by atomic mass is 10.0. The second kappa shape index (κ2) is 5.57. The van der Waals surface area contributed by atoms with Crippen molar-refractivity contribution < 1.29 is 9.57 Å². The van der Waals surface area contributed by atoms with E-state index in [1.807, 2.05) is 54.6 Å². The average Bonchev–Trinajstić information content (AvgIpc) is 2.49. The molecule has 1 heterocycles. The Bertz CT molecular complexity index is 578. The lowest BCUT2D eigenvalue weighted by Gasteiger charge is -2.18. The number of oxime groups is 1. The van der Waals surface area contributed by atoms with Crippen molar-refractivity contribution in [3.05, 3.63) is 65.7 Å². The molecule has 1 aliphatic heterocycles. The molecule has 19 heavy (non-hydrogen) atoms. The number of hydrogen-bond acceptors (Lipinski definition) is 3. The maximum absolute atomic E-state index is 5.58. The van der Waals surface area contributed by atoms with E-state index < -0.39 is 0 Å². The molecular formula is C16H15NO2. The molecule has 3 nitrogen and oxygen atoms in total. The molecule has 0 N–H and O–H groups in total. The molecule has 0 aromatic heterocycles. The largest absolute Gasteiger partial charge is 0.492 e. The van der Waals surface area contributed by atoms with Crippen LogP contribution in [0.3, 0.4) is 0 Å². The SMILES string of the molecule is c1ccc(CO/N=C2\CCOc3ccccc32)cc1. The number of nitrogens with zero attached hydrogens (tertiary/aromatic N) is 1. The number of hydrogen-bond donors (Lipinski definition) is 0. The molecule has 0 atom stereocenters. The fourth-order valence-corrected chi connectivity index (χ4v) is 2.08. The van der Waals surface area contributed by atoms with Gasteiger partial charge in [-0.2, -0.15) is 0 Å². The Morgan fingerprint density at radius 3 is 2.68 bits per heavy atom. The van der Waals surface area contributed by atoms with E-state index in [4.69, 9.17) is 9.57 Å². The maximum Gasteiger partial charge on any atom is 0.142 e. The van der Waals surface area contributed by atoms with Crippen LogP contribution in [0, 0.1) is 0 Å². The number of ether oxygens (including phenoxy) is 1. The van der Waals surface area contributed by atoms with Crippen molar-refractivity contribution in [1.29, 1.82) is 0 Å². The monoisotopic (exact) mass is 253 g/mol. The molecule has 96 valence electrons. The number of fused-ring (bicyclic) bond motifs is 1. The van der Waals surface area contributed by atoms with Crippen LogP contribution in [0.4, 0.5) is 0 Å². The first kappa shape index (κ1) is 11.8. The van der Waals surface area contributed by atoms with Crippen LogP contribution in [0.25, 0.3) is 0 Å². The zero-order chi connectivity index (χ0) is 12.9. The summed E-state index contributed by atoms with van der Waals surface area (Å²) in [7, 11) is 0. The minimum absolute atomic E-state index is 0.493. The van der Waals surface area contributed by atoms with E-state index in [0.29, 0.717) is 13.2 Å². The summed E-state index contributed by atoms with van der Waals surface area (Å²) >= 11 is 0. The van der Waals surface area contributed by atoms with E-state index >= 15 is 0 Å². The van der Waals surface area contributed by atoms with Gasteiger partial charge in [-0.3, -0.25) is 0 Å². The third kappa shape index (κ3) is 2.76. The van der Waals surface area contributed by atoms with Crippen LogP contribution in [0.5, 0.6) is 5.75 Å². The van der Waals surface area contributed by atoms with E-state index in [-0.39, 0.29) is 0 Å². The number of para-hydroxylation sites is 1. The summed E-state index contributed by atoms with van der Waals surface area (Å²) in [6.45, 7) is 1.15. The summed E-state index contributed by atoms with van der Waals surface area (Å²) in [6.07, 6.45) is 0.784. The Morgan fingerprint density at radius 1 is 1.00 bits per heavy atom. The summed E-state index contributed by atoms with van der Waals surface area (Å²) < 4.78 is 5.58. The van der Waals surface area contributed by atoms with Crippen molar-refractivity contribution in [3.63, 3.8) is 0 Å². The predicted molar refractivity (Wildman–Crippen MR) is 74.3 cm³/mol. The van der Waals surface area contributed by atoms with Crippen molar-refractivity contribution in [2.75, 3.05) is 6.61 Å². The van der Waals surface area contributed by atoms with Gasteiger partial charge in [0.25, 0.3) is 0 Å². The van der Waals surface area contributed by atoms with Gasteiger partial charge >= 0.3 is 0 Å². The number of benzene rings is 2. The quantitative estimate of drug-likeness (QED) is 0.785. The van der Waals surface area contributed by atoms with Gasteiger partial charge in [-0.1, -0.05) is 47.6 Å². The van der Waals surface area contributed by atoms with Gasteiger partial charge in [0.15, 0.2) is 0 Å². The second-order valence-corrected chi connectivity index (χ2v) is 4.39. The van der Waals surface area contributed by atoms with Crippen LogP contribution in [-0.4, -0.2) is 12.3 Å². The Balaban J connectivity index is 1.71. The maximum atomic E-state index is 5.58. The lowest BCUT2D eigenvalue weighted by molar-refractivity contribution is 0.129. The fraction of sp³-hybridized carbons (Fsp3) is 0.188. The first-order valence-corrected chi connectivity index (χ1v) is 6.38. The van der Waals surface area contributed by atoms with Crippen LogP contribution < -0.4 is 4.74 Å². The van der Waals surface area contributed by atoms with E-state index in [2.05, 4.69) is 5.16 Å². The average molecular weight is 253 g/mol. The van der Waals surface area contributed by atoms with E-state index in [0.717, 1.165) is 29.0 Å². The van der Waals surface area contributed by atoms with Crippen molar-refractivity contribution in [1.82, 2.24) is 0 Å². The summed E-state index contributed by atoms with van der Waals surface area (Å²) in [5.74, 6) is 0.885. The van der Waals surface area contributed by atoms with Gasteiger partial charge in [0.2, 0.25) is 0 Å². The molecule has 0 radical (unpaired) electrons. The predicted octanol–water partition coefficient (Wildman–Crippen LogP) is 3.39. The smallest absolute Gasteiger partial charge is 0.142 e. The molecule has 0 amide bonds. The topological polar surface area (TPSA) is 30.8 Å². The molecule has 0 bridgehead atoms. The van der Waals surface area contributed by atoms with Gasteiger partial charge in [0.05, 0.1) is 12.3 Å². The van der Waals surface area contributed by atoms with Gasteiger partial charge in [0, 0.05) is 12.0 Å². The highest BCUT2D eigenvalue weighted by Gasteiger charge is 2.16. The summed E-state index contributed by atoms with van der Waals surface area (Å²) in [5, 5.41) is 4.26. The normalized spacial score (nSPS) is 15.7. The van der Waals surface area contributed by atoms with Gasteiger partial charge in [-0.25, -0.2) is 0 Å². The molecule has 0 fully saturated rings. The highest BCUT2D eigenvalue weighted by Crippen LogP contribution is 2.24. The zero-order valence-corrected chi connectivity index (χ0v) is 10.6. The zero-order valence-electron chi connectivity index (χ0n) is 10.6. The molecule has 3 rings (SSSR count). The molecular weight excluding hydrogens is 238 g/mol. The summed E-state index contributed by atoms with van der Waals surface area (Å²) in [6, 6.07) is 18.0. The molecule has 3 heteroatoms. The van der Waals surface area contributed by atoms with E-state index in [1.54, 1.807) is 0 Å². The third-order valence-electron chi connectivity index (χ3n) is 3.04. The van der Waals surface area contributed by atoms with Crippen molar-refractivity contribution in [2.24, 2.45) is 5.16 Å². The Morgan fingerprint density at radius 2 is 1.79 bits per heavy atom. The molecule has 2 aromatic carbocycles. The molecule has 0 aliphatic carbocycles. The van der Waals surface area contributed by atoms with Gasteiger partial charge in [0.1, 0.15) is 12.4 Å². The summed E-state index contributed by atoms with van der Waals surface area (Å²) in [5.41, 5.74) is 3.10. The molecule has 0 saturated carbocycles. The van der Waals surface area contributed by atoms with Gasteiger partial charge < -0.3 is 9.57 Å². The van der Waals surface area contributed by atoms with Gasteiger partial charge in [-0.05, 0) is 17.7 Å². The van der Waals surface area contributed by atoms with Crippen LogP contribution >= 0.6 is 0 Å². The Labute approximate surface area is 112 Å². The molecule has 0 unspecified atom stereocenters. The molecule has 0 saturated heterocycles. The van der Waals surface area contributed by atoms with E-state index in [1.165, 1.54) is 0 Å². The highest BCUT2D eigenvalue weighted by molar-refractivity contribution is 6.03. The van der Waals surface area contributed by atoms with Crippen molar-refractivity contribution >= 4 is 5.71 Å². The van der Waals surface area contributed by atoms with Crippen LogP contribution in [0.2, 0.25) is 0 Å². The number of rotatable bonds is 3. The second-order valence-electron chi connectivity index (χ2n) is 4.39. The highest BCUT2D eigenvalue weighted by atomic mass is 16.6. The first-order chi connectivity index (χ1) is 9.43. The first-order valence-electron chi connectivity index (χ1n) is 6.38. The van der Waals surface area contributed by atoms with Gasteiger partial charge in [-0.15, -0.1) is 0 Å².